The highest BCUT2D eigenvalue weighted by atomic mass is 35.5. The predicted octanol–water partition coefficient (Wildman–Crippen LogP) is 2.33. The summed E-state index contributed by atoms with van der Waals surface area (Å²) in [6, 6.07) is 5.30. The van der Waals surface area contributed by atoms with Gasteiger partial charge in [0.25, 0.3) is 0 Å². The minimum absolute atomic E-state index is 0.411. The smallest absolute Gasteiger partial charge is 0.150 e. The molecule has 6 heteroatoms. The Hall–Kier alpha value is -1.88. The van der Waals surface area contributed by atoms with Gasteiger partial charge >= 0.3 is 0 Å². The van der Waals surface area contributed by atoms with Crippen LogP contribution in [0.3, 0.4) is 0 Å². The number of nitrogen functional groups attached to an aromatic ring is 1. The van der Waals surface area contributed by atoms with Crippen LogP contribution in [-0.4, -0.2) is 24.4 Å². The number of H-pyrrole nitrogens is 1. The van der Waals surface area contributed by atoms with E-state index in [2.05, 4.69) is 10.2 Å². The lowest BCUT2D eigenvalue weighted by molar-refractivity contribution is 0.395. The lowest BCUT2D eigenvalue weighted by atomic mass is 10.1. The highest BCUT2D eigenvalue weighted by molar-refractivity contribution is 6.34. The minimum atomic E-state index is 0.411. The summed E-state index contributed by atoms with van der Waals surface area (Å²) < 4.78 is 10.4. The second-order valence-corrected chi connectivity index (χ2v) is 3.75. The number of aromatic amines is 1. The van der Waals surface area contributed by atoms with Crippen molar-refractivity contribution >= 4 is 17.4 Å². The van der Waals surface area contributed by atoms with Crippen molar-refractivity contribution in [3.05, 3.63) is 23.2 Å². The van der Waals surface area contributed by atoms with E-state index in [0.717, 1.165) is 11.3 Å². The Kier molecular flexibility index (Phi) is 3.10. The number of halogens is 1. The van der Waals surface area contributed by atoms with E-state index in [0.29, 0.717) is 22.3 Å². The van der Waals surface area contributed by atoms with Crippen molar-refractivity contribution in [3.8, 4) is 22.8 Å². The van der Waals surface area contributed by atoms with Crippen molar-refractivity contribution in [1.82, 2.24) is 10.2 Å². The maximum atomic E-state index is 6.16. The molecular formula is C11H12ClN3O2. The van der Waals surface area contributed by atoms with Crippen LogP contribution in [0.1, 0.15) is 0 Å². The molecule has 0 atom stereocenters. The molecule has 0 aliphatic carbocycles. The van der Waals surface area contributed by atoms with Gasteiger partial charge in [0.15, 0.2) is 5.75 Å². The molecule has 3 N–H and O–H groups in total. The fourth-order valence-corrected chi connectivity index (χ4v) is 1.90. The van der Waals surface area contributed by atoms with Crippen LogP contribution in [0.5, 0.6) is 11.5 Å². The SMILES string of the molecule is COc1ccc(-c2cc(N)n[nH]2)c(OC)c1Cl. The third-order valence-electron chi connectivity index (χ3n) is 2.37. The van der Waals surface area contributed by atoms with Crippen LogP contribution in [0.15, 0.2) is 18.2 Å². The Morgan fingerprint density at radius 3 is 2.59 bits per heavy atom. The van der Waals surface area contributed by atoms with Crippen molar-refractivity contribution in [1.29, 1.82) is 0 Å². The van der Waals surface area contributed by atoms with E-state index in [1.165, 1.54) is 0 Å². The zero-order chi connectivity index (χ0) is 12.4. The van der Waals surface area contributed by atoms with Gasteiger partial charge in [0.2, 0.25) is 0 Å². The Balaban J connectivity index is 2.58. The van der Waals surface area contributed by atoms with E-state index in [9.17, 15) is 0 Å². The zero-order valence-electron chi connectivity index (χ0n) is 9.45. The molecule has 0 bridgehead atoms. The number of aromatic nitrogens is 2. The second-order valence-electron chi connectivity index (χ2n) is 3.37. The highest BCUT2D eigenvalue weighted by Crippen LogP contribution is 2.41. The molecule has 0 radical (unpaired) electrons. The first-order valence-electron chi connectivity index (χ1n) is 4.89. The Bertz CT molecular complexity index is 540. The lowest BCUT2D eigenvalue weighted by Crippen LogP contribution is -1.92. The van der Waals surface area contributed by atoms with E-state index in [-0.39, 0.29) is 0 Å². The predicted molar refractivity (Wildman–Crippen MR) is 66.6 cm³/mol. The molecule has 0 amide bonds. The summed E-state index contributed by atoms with van der Waals surface area (Å²) in [7, 11) is 3.10. The van der Waals surface area contributed by atoms with E-state index < -0.39 is 0 Å². The van der Waals surface area contributed by atoms with E-state index >= 15 is 0 Å². The Labute approximate surface area is 103 Å². The first kappa shape index (κ1) is 11.6. The van der Waals surface area contributed by atoms with Crippen LogP contribution in [-0.2, 0) is 0 Å². The number of methoxy groups -OCH3 is 2. The summed E-state index contributed by atoms with van der Waals surface area (Å²) in [6.07, 6.45) is 0. The number of benzene rings is 1. The first-order chi connectivity index (χ1) is 8.17. The van der Waals surface area contributed by atoms with Gasteiger partial charge in [0.05, 0.1) is 19.9 Å². The molecule has 1 heterocycles. The highest BCUT2D eigenvalue weighted by Gasteiger charge is 2.15. The van der Waals surface area contributed by atoms with Gasteiger partial charge in [-0.25, -0.2) is 0 Å². The van der Waals surface area contributed by atoms with Crippen molar-refractivity contribution < 1.29 is 9.47 Å². The summed E-state index contributed by atoms with van der Waals surface area (Å²) in [5, 5.41) is 7.09. The molecule has 90 valence electrons. The molecule has 0 fully saturated rings. The third-order valence-corrected chi connectivity index (χ3v) is 2.73. The number of nitrogens with two attached hydrogens (primary N) is 1. The molecule has 0 spiro atoms. The molecule has 0 aliphatic rings. The first-order valence-corrected chi connectivity index (χ1v) is 5.27. The third kappa shape index (κ3) is 2.01. The maximum absolute atomic E-state index is 6.16. The van der Waals surface area contributed by atoms with Crippen LogP contribution >= 0.6 is 11.6 Å². The Morgan fingerprint density at radius 1 is 1.29 bits per heavy atom. The summed E-state index contributed by atoms with van der Waals surface area (Å²) in [6.45, 7) is 0. The molecular weight excluding hydrogens is 242 g/mol. The van der Waals surface area contributed by atoms with Gasteiger partial charge in [-0.2, -0.15) is 5.10 Å². The van der Waals surface area contributed by atoms with Crippen LogP contribution in [0.2, 0.25) is 5.02 Å². The number of hydrogen-bond acceptors (Lipinski definition) is 4. The molecule has 2 rings (SSSR count). The normalized spacial score (nSPS) is 10.3. The van der Waals surface area contributed by atoms with Crippen molar-refractivity contribution in [2.75, 3.05) is 20.0 Å². The van der Waals surface area contributed by atoms with Crippen molar-refractivity contribution in [2.24, 2.45) is 0 Å². The Morgan fingerprint density at radius 2 is 2.06 bits per heavy atom. The molecule has 1 aromatic heterocycles. The zero-order valence-corrected chi connectivity index (χ0v) is 10.2. The van der Waals surface area contributed by atoms with Crippen molar-refractivity contribution in [2.45, 2.75) is 0 Å². The van der Waals surface area contributed by atoms with E-state index in [1.54, 1.807) is 26.4 Å². The maximum Gasteiger partial charge on any atom is 0.150 e. The summed E-state index contributed by atoms with van der Waals surface area (Å²) >= 11 is 6.16. The number of nitrogens with one attached hydrogen (secondary N) is 1. The number of hydrogen-bond donors (Lipinski definition) is 2. The summed E-state index contributed by atoms with van der Waals surface area (Å²) in [5.41, 5.74) is 7.08. The quantitative estimate of drug-likeness (QED) is 0.881. The average Bonchev–Trinajstić information content (AvgIpc) is 2.75. The number of ether oxygens (including phenoxy) is 2. The fraction of sp³-hybridized carbons (Fsp3) is 0.182. The van der Waals surface area contributed by atoms with Gasteiger partial charge in [-0.15, -0.1) is 0 Å². The molecule has 5 nitrogen and oxygen atoms in total. The topological polar surface area (TPSA) is 73.2 Å². The fourth-order valence-electron chi connectivity index (χ4n) is 1.58. The minimum Gasteiger partial charge on any atom is -0.495 e. The number of rotatable bonds is 3. The van der Waals surface area contributed by atoms with Gasteiger partial charge in [-0.05, 0) is 12.1 Å². The largest absolute Gasteiger partial charge is 0.495 e. The summed E-state index contributed by atoms with van der Waals surface area (Å²) in [5.74, 6) is 1.49. The van der Waals surface area contributed by atoms with Gasteiger partial charge in [-0.3, -0.25) is 5.10 Å². The van der Waals surface area contributed by atoms with E-state index in [1.807, 2.05) is 6.07 Å². The average molecular weight is 254 g/mol. The molecule has 0 aliphatic heterocycles. The number of anilines is 1. The van der Waals surface area contributed by atoms with Gasteiger partial charge < -0.3 is 15.2 Å². The molecule has 0 unspecified atom stereocenters. The van der Waals surface area contributed by atoms with Crippen LogP contribution in [0, 0.1) is 0 Å². The molecule has 1 aromatic carbocycles. The molecule has 2 aromatic rings. The summed E-state index contributed by atoms with van der Waals surface area (Å²) in [4.78, 5) is 0. The van der Waals surface area contributed by atoms with Gasteiger partial charge in [0.1, 0.15) is 16.6 Å². The van der Waals surface area contributed by atoms with Crippen LogP contribution in [0.25, 0.3) is 11.3 Å². The van der Waals surface area contributed by atoms with Gasteiger partial charge in [0, 0.05) is 11.6 Å². The van der Waals surface area contributed by atoms with Gasteiger partial charge in [-0.1, -0.05) is 11.6 Å². The monoisotopic (exact) mass is 253 g/mol. The molecule has 0 saturated carbocycles. The lowest BCUT2D eigenvalue weighted by Gasteiger charge is -2.11. The van der Waals surface area contributed by atoms with Crippen LogP contribution in [0.4, 0.5) is 5.82 Å². The second kappa shape index (κ2) is 4.55. The molecule has 17 heavy (non-hydrogen) atoms. The molecule has 0 saturated heterocycles. The standard InChI is InChI=1S/C11H12ClN3O2/c1-16-8-4-3-6(11(17-2)10(8)12)7-5-9(13)15-14-7/h3-5H,1-2H3,(H3,13,14,15). The van der Waals surface area contributed by atoms with Crippen molar-refractivity contribution in [3.63, 3.8) is 0 Å². The number of nitrogens with zero attached hydrogens (tertiary/aromatic N) is 1. The van der Waals surface area contributed by atoms with Crippen LogP contribution < -0.4 is 15.2 Å². The van der Waals surface area contributed by atoms with E-state index in [4.69, 9.17) is 26.8 Å².